The van der Waals surface area contributed by atoms with E-state index in [0.717, 1.165) is 25.7 Å². The average molecular weight is 462 g/mol. The molecule has 31 heavy (non-hydrogen) atoms. The van der Waals surface area contributed by atoms with Crippen LogP contribution < -0.4 is 5.32 Å². The summed E-state index contributed by atoms with van der Waals surface area (Å²) in [4.78, 5) is 28.4. The summed E-state index contributed by atoms with van der Waals surface area (Å²) in [5, 5.41) is 4.80. The van der Waals surface area contributed by atoms with E-state index in [1.54, 1.807) is 23.5 Å². The van der Waals surface area contributed by atoms with Gasteiger partial charge in [-0.15, -0.1) is 11.3 Å². The van der Waals surface area contributed by atoms with Crippen LogP contribution in [0, 0.1) is 0 Å². The molecule has 1 saturated heterocycles. The van der Waals surface area contributed by atoms with Gasteiger partial charge >= 0.3 is 0 Å². The highest BCUT2D eigenvalue weighted by Crippen LogP contribution is 2.24. The topological polar surface area (TPSA) is 86.8 Å². The summed E-state index contributed by atoms with van der Waals surface area (Å²) in [7, 11) is -3.59. The van der Waals surface area contributed by atoms with Gasteiger partial charge in [-0.1, -0.05) is 12.5 Å². The van der Waals surface area contributed by atoms with Crippen molar-refractivity contribution in [1.82, 2.24) is 14.5 Å². The molecule has 3 heterocycles. The molecule has 0 aliphatic carbocycles. The van der Waals surface area contributed by atoms with Crippen molar-refractivity contribution in [2.45, 2.75) is 43.5 Å². The Morgan fingerprint density at radius 1 is 1.06 bits per heavy atom. The number of carbonyl (C=O) groups is 2. The van der Waals surface area contributed by atoms with Gasteiger partial charge < -0.3 is 10.2 Å². The minimum absolute atomic E-state index is 0.0126. The Kier molecular flexibility index (Phi) is 6.74. The van der Waals surface area contributed by atoms with E-state index in [1.165, 1.54) is 26.9 Å². The number of hydrogen-bond donors (Lipinski definition) is 1. The molecule has 2 aliphatic rings. The molecule has 1 fully saturated rings. The molecule has 4 rings (SSSR count). The summed E-state index contributed by atoms with van der Waals surface area (Å²) in [6, 6.07) is 8.19. The van der Waals surface area contributed by atoms with E-state index in [-0.39, 0.29) is 35.2 Å². The molecule has 166 valence electrons. The van der Waals surface area contributed by atoms with Crippen LogP contribution in [-0.4, -0.2) is 55.6 Å². The van der Waals surface area contributed by atoms with Crippen LogP contribution in [0.5, 0.6) is 0 Å². The van der Waals surface area contributed by atoms with E-state index in [9.17, 15) is 18.0 Å². The number of fused-ring (bicyclic) bond motifs is 1. The van der Waals surface area contributed by atoms with E-state index in [4.69, 9.17) is 0 Å². The van der Waals surface area contributed by atoms with Crippen molar-refractivity contribution in [1.29, 1.82) is 0 Å². The zero-order chi connectivity index (χ0) is 21.8. The minimum Gasteiger partial charge on any atom is -0.352 e. The second kappa shape index (κ2) is 9.50. The van der Waals surface area contributed by atoms with Crippen LogP contribution in [-0.2, 0) is 27.8 Å². The van der Waals surface area contributed by atoms with Crippen LogP contribution in [0.4, 0.5) is 0 Å². The van der Waals surface area contributed by atoms with Gasteiger partial charge in [0.1, 0.15) is 0 Å². The maximum Gasteiger partial charge on any atom is 0.251 e. The van der Waals surface area contributed by atoms with Crippen LogP contribution in [0.2, 0.25) is 0 Å². The van der Waals surface area contributed by atoms with Gasteiger partial charge in [0.2, 0.25) is 15.9 Å². The van der Waals surface area contributed by atoms with Crippen molar-refractivity contribution in [2.75, 3.05) is 26.2 Å². The molecule has 0 radical (unpaired) electrons. The molecule has 2 aliphatic heterocycles. The first-order valence-corrected chi connectivity index (χ1v) is 13.0. The van der Waals surface area contributed by atoms with Crippen molar-refractivity contribution < 1.29 is 18.0 Å². The average Bonchev–Trinajstić information content (AvgIpc) is 3.27. The van der Waals surface area contributed by atoms with Crippen molar-refractivity contribution in [3.63, 3.8) is 0 Å². The van der Waals surface area contributed by atoms with Crippen LogP contribution in [0.1, 0.15) is 46.5 Å². The lowest BCUT2D eigenvalue weighted by Gasteiger charge is -2.27. The third-order valence-electron chi connectivity index (χ3n) is 5.83. The van der Waals surface area contributed by atoms with Crippen molar-refractivity contribution in [3.8, 4) is 0 Å². The number of nitrogens with one attached hydrogen (secondary N) is 1. The monoisotopic (exact) mass is 461 g/mol. The third-order valence-corrected chi connectivity index (χ3v) is 8.75. The summed E-state index contributed by atoms with van der Waals surface area (Å²) < 4.78 is 27.2. The Morgan fingerprint density at radius 2 is 1.87 bits per heavy atom. The number of sulfonamides is 1. The number of amides is 2. The molecule has 7 nitrogen and oxygen atoms in total. The first-order valence-electron chi connectivity index (χ1n) is 10.7. The summed E-state index contributed by atoms with van der Waals surface area (Å²) in [6.45, 7) is 2.58. The molecule has 0 bridgehead atoms. The van der Waals surface area contributed by atoms with Crippen molar-refractivity contribution >= 4 is 33.2 Å². The van der Waals surface area contributed by atoms with Crippen molar-refractivity contribution in [2.24, 2.45) is 0 Å². The van der Waals surface area contributed by atoms with Gasteiger partial charge in [-0.25, -0.2) is 8.42 Å². The maximum atomic E-state index is 12.9. The zero-order valence-electron chi connectivity index (χ0n) is 17.4. The number of thiophene rings is 1. The normalized spacial score (nSPS) is 17.2. The predicted molar refractivity (Wildman–Crippen MR) is 119 cm³/mol. The lowest BCUT2D eigenvalue weighted by Crippen LogP contribution is -2.37. The first-order chi connectivity index (χ1) is 14.9. The quantitative estimate of drug-likeness (QED) is 0.717. The van der Waals surface area contributed by atoms with Crippen LogP contribution in [0.3, 0.4) is 0 Å². The third kappa shape index (κ3) is 4.99. The Labute approximate surface area is 187 Å². The van der Waals surface area contributed by atoms with Crippen LogP contribution >= 0.6 is 11.3 Å². The molecule has 2 aromatic rings. The fourth-order valence-corrected chi connectivity index (χ4v) is 6.51. The number of nitrogens with zero attached hydrogens (tertiary/aromatic N) is 2. The zero-order valence-corrected chi connectivity index (χ0v) is 19.0. The fraction of sp³-hybridized carbons (Fsp3) is 0.455. The van der Waals surface area contributed by atoms with E-state index in [2.05, 4.69) is 16.8 Å². The van der Waals surface area contributed by atoms with Gasteiger partial charge in [-0.3, -0.25) is 9.59 Å². The number of carbonyl (C=O) groups excluding carboxylic acids is 2. The van der Waals surface area contributed by atoms with Gasteiger partial charge in [-0.2, -0.15) is 4.31 Å². The number of benzene rings is 1. The van der Waals surface area contributed by atoms with E-state index >= 15 is 0 Å². The highest BCUT2D eigenvalue weighted by Gasteiger charge is 2.26. The summed E-state index contributed by atoms with van der Waals surface area (Å²) in [6.07, 6.45) is 3.86. The lowest BCUT2D eigenvalue weighted by molar-refractivity contribution is -0.131. The molecular weight excluding hydrogens is 434 g/mol. The first kappa shape index (κ1) is 22.0. The van der Waals surface area contributed by atoms with E-state index in [0.29, 0.717) is 26.2 Å². The molecule has 1 aromatic carbocycles. The smallest absolute Gasteiger partial charge is 0.251 e. The minimum atomic E-state index is -3.59. The summed E-state index contributed by atoms with van der Waals surface area (Å²) >= 11 is 1.73. The highest BCUT2D eigenvalue weighted by atomic mass is 32.2. The van der Waals surface area contributed by atoms with Crippen LogP contribution in [0.25, 0.3) is 0 Å². The molecule has 0 unspecified atom stereocenters. The highest BCUT2D eigenvalue weighted by molar-refractivity contribution is 7.89. The number of rotatable bonds is 6. The molecule has 0 saturated carbocycles. The number of hydrogen-bond acceptors (Lipinski definition) is 5. The number of piperidine rings is 1. The van der Waals surface area contributed by atoms with Gasteiger partial charge in [0.25, 0.3) is 5.91 Å². The van der Waals surface area contributed by atoms with Gasteiger partial charge in [0.05, 0.1) is 4.90 Å². The summed E-state index contributed by atoms with van der Waals surface area (Å²) in [5.41, 5.74) is 1.49. The standard InChI is InChI=1S/C22H27N3O4S2/c26-21(24-13-8-20-18(16-24)9-14-30-20)7-10-23-22(27)17-5-4-6-19(15-17)31(28,29)25-11-2-1-3-12-25/h4-6,9,14-15H,1-3,7-8,10-13,16H2,(H,23,27). The van der Waals surface area contributed by atoms with E-state index < -0.39 is 10.0 Å². The summed E-state index contributed by atoms with van der Waals surface area (Å²) in [5.74, 6) is -0.360. The Hall–Kier alpha value is -2.23. The Bertz CT molecular complexity index is 1060. The molecule has 0 atom stereocenters. The second-order valence-electron chi connectivity index (χ2n) is 7.93. The van der Waals surface area contributed by atoms with Gasteiger partial charge in [0, 0.05) is 49.6 Å². The largest absolute Gasteiger partial charge is 0.352 e. The van der Waals surface area contributed by atoms with E-state index in [1.807, 2.05) is 4.90 Å². The molecule has 9 heteroatoms. The molecular formula is C22H27N3O4S2. The van der Waals surface area contributed by atoms with Gasteiger partial charge in [-0.05, 0) is 54.5 Å². The fourth-order valence-electron chi connectivity index (χ4n) is 4.06. The Morgan fingerprint density at radius 3 is 2.68 bits per heavy atom. The SMILES string of the molecule is O=C(NCCC(=O)N1CCc2sccc2C1)c1cccc(S(=O)(=O)N2CCCCC2)c1. The lowest BCUT2D eigenvalue weighted by atomic mass is 10.1. The van der Waals surface area contributed by atoms with Crippen LogP contribution in [0.15, 0.2) is 40.6 Å². The second-order valence-corrected chi connectivity index (χ2v) is 10.9. The molecule has 2 amide bonds. The molecule has 0 spiro atoms. The van der Waals surface area contributed by atoms with Crippen molar-refractivity contribution in [3.05, 3.63) is 51.7 Å². The predicted octanol–water partition coefficient (Wildman–Crippen LogP) is 2.63. The van der Waals surface area contributed by atoms with Gasteiger partial charge in [0.15, 0.2) is 0 Å². The molecule has 1 aromatic heterocycles. The Balaban J connectivity index is 1.32. The maximum absolute atomic E-state index is 12.9. The molecule has 1 N–H and O–H groups in total.